The van der Waals surface area contributed by atoms with Crippen LogP contribution in [-0.4, -0.2) is 61.4 Å². The summed E-state index contributed by atoms with van der Waals surface area (Å²) in [6.07, 6.45) is 0. The minimum atomic E-state index is -0.430. The number of ether oxygens (including phenoxy) is 2. The molecule has 0 saturated carbocycles. The van der Waals surface area contributed by atoms with Crippen LogP contribution in [0.4, 0.5) is 0 Å². The zero-order valence-electron chi connectivity index (χ0n) is 12.9. The molecule has 2 atom stereocenters. The molecule has 19 heavy (non-hydrogen) atoms. The van der Waals surface area contributed by atoms with Crippen LogP contribution < -0.4 is 5.32 Å². The number of carbonyl (C=O) groups excluding carboxylic acids is 1. The quantitative estimate of drug-likeness (QED) is 0.758. The van der Waals surface area contributed by atoms with Gasteiger partial charge in [-0.15, -0.1) is 0 Å². The van der Waals surface area contributed by atoms with E-state index in [9.17, 15) is 4.79 Å². The molecular weight excluding hydrogens is 244 g/mol. The van der Waals surface area contributed by atoms with E-state index in [2.05, 4.69) is 17.1 Å². The largest absolute Gasteiger partial charge is 0.459 e. The molecule has 0 aromatic heterocycles. The molecule has 2 unspecified atom stereocenters. The molecule has 1 rings (SSSR count). The van der Waals surface area contributed by atoms with E-state index >= 15 is 0 Å². The lowest BCUT2D eigenvalue weighted by Gasteiger charge is -2.31. The molecule has 0 aromatic rings. The van der Waals surface area contributed by atoms with Crippen LogP contribution in [0, 0.1) is 0 Å². The molecule has 5 heteroatoms. The van der Waals surface area contributed by atoms with E-state index in [1.165, 1.54) is 0 Å². The lowest BCUT2D eigenvalue weighted by molar-refractivity contribution is -0.157. The normalized spacial score (nSPS) is 20.9. The third kappa shape index (κ3) is 6.89. The van der Waals surface area contributed by atoms with Crippen molar-refractivity contribution >= 4 is 5.97 Å². The van der Waals surface area contributed by atoms with Gasteiger partial charge in [-0.05, 0) is 34.6 Å². The maximum absolute atomic E-state index is 11.9. The zero-order valence-corrected chi connectivity index (χ0v) is 12.9. The smallest absolute Gasteiger partial charge is 0.323 e. The van der Waals surface area contributed by atoms with Crippen LogP contribution in [0.2, 0.25) is 0 Å². The minimum absolute atomic E-state index is 0.193. The Hall–Kier alpha value is -0.650. The van der Waals surface area contributed by atoms with Gasteiger partial charge in [-0.1, -0.05) is 0 Å². The second kappa shape index (κ2) is 7.22. The highest BCUT2D eigenvalue weighted by molar-refractivity contribution is 5.75. The molecule has 0 radical (unpaired) electrons. The third-order valence-electron chi connectivity index (χ3n) is 2.93. The van der Waals surface area contributed by atoms with Crippen LogP contribution in [-0.2, 0) is 14.3 Å². The van der Waals surface area contributed by atoms with Crippen LogP contribution >= 0.6 is 0 Å². The predicted octanol–water partition coefficient (Wildman–Crippen LogP) is 1.03. The van der Waals surface area contributed by atoms with Gasteiger partial charge in [-0.25, -0.2) is 0 Å². The summed E-state index contributed by atoms with van der Waals surface area (Å²) in [7, 11) is 0. The molecule has 0 aromatic carbocycles. The van der Waals surface area contributed by atoms with Crippen molar-refractivity contribution in [2.75, 3.05) is 32.8 Å². The van der Waals surface area contributed by atoms with Gasteiger partial charge < -0.3 is 14.8 Å². The summed E-state index contributed by atoms with van der Waals surface area (Å²) in [6.45, 7) is 14.1. The van der Waals surface area contributed by atoms with Crippen LogP contribution in [0.3, 0.4) is 0 Å². The summed E-state index contributed by atoms with van der Waals surface area (Å²) in [5, 5.41) is 3.29. The van der Waals surface area contributed by atoms with Crippen LogP contribution in [0.25, 0.3) is 0 Å². The first-order valence-electron chi connectivity index (χ1n) is 7.07. The monoisotopic (exact) mass is 272 g/mol. The van der Waals surface area contributed by atoms with Gasteiger partial charge in [-0.2, -0.15) is 0 Å². The maximum Gasteiger partial charge on any atom is 0.323 e. The highest BCUT2D eigenvalue weighted by atomic mass is 16.6. The number of nitrogens with zero attached hydrogens (tertiary/aromatic N) is 1. The molecular formula is C14H28N2O3. The highest BCUT2D eigenvalue weighted by Crippen LogP contribution is 2.08. The molecule has 1 heterocycles. The van der Waals surface area contributed by atoms with Gasteiger partial charge in [-0.3, -0.25) is 9.69 Å². The summed E-state index contributed by atoms with van der Waals surface area (Å²) in [5.74, 6) is -0.193. The average Bonchev–Trinajstić information content (AvgIpc) is 2.27. The molecule has 112 valence electrons. The lowest BCUT2D eigenvalue weighted by atomic mass is 10.2. The first kappa shape index (κ1) is 16.4. The molecule has 0 bridgehead atoms. The number of hydrogen-bond acceptors (Lipinski definition) is 5. The van der Waals surface area contributed by atoms with Gasteiger partial charge in [0.05, 0.1) is 13.2 Å². The van der Waals surface area contributed by atoms with E-state index in [0.29, 0.717) is 0 Å². The van der Waals surface area contributed by atoms with Gasteiger partial charge >= 0.3 is 5.97 Å². The zero-order chi connectivity index (χ0) is 14.5. The SMILES string of the molecule is CC(CN1CCOCC1)NC(C)C(=O)OC(C)(C)C. The molecule has 5 nitrogen and oxygen atoms in total. The van der Waals surface area contributed by atoms with Gasteiger partial charge in [0, 0.05) is 25.7 Å². The van der Waals surface area contributed by atoms with E-state index < -0.39 is 5.60 Å². The lowest BCUT2D eigenvalue weighted by Crippen LogP contribution is -2.49. The third-order valence-corrected chi connectivity index (χ3v) is 2.93. The molecule has 1 saturated heterocycles. The fourth-order valence-corrected chi connectivity index (χ4v) is 2.11. The summed E-state index contributed by atoms with van der Waals surface area (Å²) in [4.78, 5) is 14.2. The number of rotatable bonds is 5. The maximum atomic E-state index is 11.9. The topological polar surface area (TPSA) is 50.8 Å². The average molecular weight is 272 g/mol. The summed E-state index contributed by atoms with van der Waals surface area (Å²) in [6, 6.07) is -0.0316. The Bertz CT molecular complexity index is 283. The van der Waals surface area contributed by atoms with E-state index in [4.69, 9.17) is 9.47 Å². The Morgan fingerprint density at radius 2 is 1.89 bits per heavy atom. The number of carbonyl (C=O) groups is 1. The second-order valence-corrected chi connectivity index (χ2v) is 6.24. The summed E-state index contributed by atoms with van der Waals surface area (Å²) in [5.41, 5.74) is -0.430. The molecule has 0 spiro atoms. The van der Waals surface area contributed by atoms with E-state index in [0.717, 1.165) is 32.8 Å². The Balaban J connectivity index is 2.30. The standard InChI is InChI=1S/C14H28N2O3/c1-11(10-16-6-8-18-9-7-16)15-12(2)13(17)19-14(3,4)5/h11-12,15H,6-10H2,1-5H3. The molecule has 1 N–H and O–H groups in total. The van der Waals surface area contributed by atoms with Crippen LogP contribution in [0.1, 0.15) is 34.6 Å². The predicted molar refractivity (Wildman–Crippen MR) is 75.2 cm³/mol. The fourth-order valence-electron chi connectivity index (χ4n) is 2.11. The number of nitrogens with one attached hydrogen (secondary N) is 1. The van der Waals surface area contributed by atoms with Crippen molar-refractivity contribution in [2.45, 2.75) is 52.3 Å². The van der Waals surface area contributed by atoms with Crippen molar-refractivity contribution in [3.8, 4) is 0 Å². The Labute approximate surface area is 116 Å². The van der Waals surface area contributed by atoms with Crippen LogP contribution in [0.5, 0.6) is 0 Å². The summed E-state index contributed by atoms with van der Waals surface area (Å²) >= 11 is 0. The fraction of sp³-hybridized carbons (Fsp3) is 0.929. The minimum Gasteiger partial charge on any atom is -0.459 e. The van der Waals surface area contributed by atoms with E-state index in [-0.39, 0.29) is 18.1 Å². The number of esters is 1. The molecule has 1 fully saturated rings. The van der Waals surface area contributed by atoms with Crippen LogP contribution in [0.15, 0.2) is 0 Å². The summed E-state index contributed by atoms with van der Waals surface area (Å²) < 4.78 is 10.7. The molecule has 0 amide bonds. The highest BCUT2D eigenvalue weighted by Gasteiger charge is 2.23. The molecule has 1 aliphatic rings. The first-order chi connectivity index (χ1) is 8.78. The van der Waals surface area contributed by atoms with Crippen molar-refractivity contribution in [3.63, 3.8) is 0 Å². The van der Waals surface area contributed by atoms with E-state index in [1.54, 1.807) is 0 Å². The van der Waals surface area contributed by atoms with Gasteiger partial charge in [0.1, 0.15) is 11.6 Å². The van der Waals surface area contributed by atoms with Crippen molar-refractivity contribution in [1.29, 1.82) is 0 Å². The van der Waals surface area contributed by atoms with Crippen molar-refractivity contribution in [2.24, 2.45) is 0 Å². The van der Waals surface area contributed by atoms with E-state index in [1.807, 2.05) is 27.7 Å². The van der Waals surface area contributed by atoms with Gasteiger partial charge in [0.25, 0.3) is 0 Å². The van der Waals surface area contributed by atoms with Crippen molar-refractivity contribution in [3.05, 3.63) is 0 Å². The Morgan fingerprint density at radius 3 is 2.42 bits per heavy atom. The molecule has 0 aliphatic carbocycles. The second-order valence-electron chi connectivity index (χ2n) is 6.24. The van der Waals surface area contributed by atoms with Crippen molar-refractivity contribution < 1.29 is 14.3 Å². The molecule has 1 aliphatic heterocycles. The Morgan fingerprint density at radius 1 is 1.32 bits per heavy atom. The van der Waals surface area contributed by atoms with Gasteiger partial charge in [0.15, 0.2) is 0 Å². The number of morpholine rings is 1. The number of hydrogen-bond donors (Lipinski definition) is 1. The Kier molecular flexibility index (Phi) is 6.23. The van der Waals surface area contributed by atoms with Crippen molar-refractivity contribution in [1.82, 2.24) is 10.2 Å². The van der Waals surface area contributed by atoms with Gasteiger partial charge in [0.2, 0.25) is 0 Å². The first-order valence-corrected chi connectivity index (χ1v) is 7.07.